The van der Waals surface area contributed by atoms with Crippen LogP contribution in [0, 0.1) is 11.8 Å². The maximum absolute atomic E-state index is 13.6. The average Bonchev–Trinajstić information content (AvgIpc) is 3.58. The van der Waals surface area contributed by atoms with Gasteiger partial charge in [-0.1, -0.05) is 56.5 Å². The molecule has 0 spiro atoms. The zero-order valence-electron chi connectivity index (χ0n) is 28.7. The van der Waals surface area contributed by atoms with Gasteiger partial charge in [0.2, 0.25) is 0 Å². The van der Waals surface area contributed by atoms with Crippen LogP contribution in [0.1, 0.15) is 45.4 Å². The fourth-order valence-corrected chi connectivity index (χ4v) is 8.79. The lowest BCUT2D eigenvalue weighted by molar-refractivity contribution is -0.0768. The van der Waals surface area contributed by atoms with E-state index in [0.29, 0.717) is 19.6 Å². The summed E-state index contributed by atoms with van der Waals surface area (Å²) in [6.45, 7) is 15.2. The summed E-state index contributed by atoms with van der Waals surface area (Å²) in [5, 5.41) is 21.8. The first-order valence-electron chi connectivity index (χ1n) is 17.0. The van der Waals surface area contributed by atoms with E-state index < -0.39 is 46.3 Å². The molecule has 4 rings (SSSR count). The Hall–Kier alpha value is -2.84. The van der Waals surface area contributed by atoms with Gasteiger partial charge in [-0.3, -0.25) is 0 Å². The maximum atomic E-state index is 13.6. The number of methoxy groups -OCH3 is 1. The topological polar surface area (TPSA) is 150 Å². The molecule has 0 bridgehead atoms. The number of aliphatic hydroxyl groups is 1. The summed E-state index contributed by atoms with van der Waals surface area (Å²) in [6.07, 6.45) is 4.47. The van der Waals surface area contributed by atoms with Gasteiger partial charge < -0.3 is 39.2 Å². The molecule has 1 aromatic rings. The lowest BCUT2D eigenvalue weighted by atomic mass is 9.83. The quantitative estimate of drug-likeness (QED) is 0.143. The average molecular weight is 704 g/mol. The van der Waals surface area contributed by atoms with Gasteiger partial charge in [0.05, 0.1) is 72.7 Å². The van der Waals surface area contributed by atoms with Crippen LogP contribution in [-0.4, -0.2) is 106 Å². The second-order valence-corrected chi connectivity index (χ2v) is 15.3. The van der Waals surface area contributed by atoms with E-state index in [9.17, 15) is 18.3 Å². The summed E-state index contributed by atoms with van der Waals surface area (Å²) >= 11 is 0. The van der Waals surface area contributed by atoms with Crippen molar-refractivity contribution in [2.75, 3.05) is 32.6 Å². The van der Waals surface area contributed by atoms with Crippen molar-refractivity contribution in [3.63, 3.8) is 0 Å². The molecule has 3 N–H and O–H groups in total. The highest BCUT2D eigenvalue weighted by molar-refractivity contribution is 7.91. The second kappa shape index (κ2) is 18.4. The van der Waals surface area contributed by atoms with Crippen molar-refractivity contribution in [3.8, 4) is 0 Å². The van der Waals surface area contributed by atoms with Crippen molar-refractivity contribution in [1.29, 1.82) is 0 Å². The van der Waals surface area contributed by atoms with Gasteiger partial charge in [-0.25, -0.2) is 13.2 Å². The fourth-order valence-electron chi connectivity index (χ4n) is 7.11. The summed E-state index contributed by atoms with van der Waals surface area (Å²) in [5.41, 5.74) is 1.99. The van der Waals surface area contributed by atoms with Crippen molar-refractivity contribution < 1.29 is 47.1 Å². The number of rotatable bonds is 18. The van der Waals surface area contributed by atoms with Crippen molar-refractivity contribution in [3.05, 3.63) is 79.4 Å². The van der Waals surface area contributed by atoms with Crippen LogP contribution in [0.3, 0.4) is 0 Å². The highest BCUT2D eigenvalue weighted by Crippen LogP contribution is 2.41. The third-order valence-corrected chi connectivity index (χ3v) is 11.5. The van der Waals surface area contributed by atoms with Gasteiger partial charge in [0.25, 0.3) is 0 Å². The van der Waals surface area contributed by atoms with E-state index >= 15 is 0 Å². The number of carboxylic acid groups (broad SMARTS) is 1. The molecular formula is C37H53NO10S. The van der Waals surface area contributed by atoms with Crippen molar-refractivity contribution in [1.82, 2.24) is 5.32 Å². The Balaban J connectivity index is 1.44. The number of ether oxygens (including phenoxy) is 5. The van der Waals surface area contributed by atoms with E-state index in [-0.39, 0.29) is 53.9 Å². The summed E-state index contributed by atoms with van der Waals surface area (Å²) < 4.78 is 57.9. The highest BCUT2D eigenvalue weighted by atomic mass is 32.2. The smallest absolute Gasteiger partial charge is 0.404 e. The van der Waals surface area contributed by atoms with Gasteiger partial charge in [-0.05, 0) is 48.5 Å². The van der Waals surface area contributed by atoms with Gasteiger partial charge in [0.1, 0.15) is 0 Å². The van der Waals surface area contributed by atoms with Crippen LogP contribution in [0.5, 0.6) is 0 Å². The number of benzene rings is 1. The lowest BCUT2D eigenvalue weighted by Gasteiger charge is -2.38. The normalized spacial score (nSPS) is 31.3. The SMILES string of the molecule is C=CCOC/C=C/[C@H]1CC(=C)[C@H](CC[C@H]2C[C@@H](C)C(=C)[C@@H](C[C@@H]3O[C@H](C[C@H](O)CNC(=O)O)[C@H](OC)[C@H]3CS(=O)(=O)c3ccccc3)O2)O1. The summed E-state index contributed by atoms with van der Waals surface area (Å²) in [6, 6.07) is 8.26. The first-order chi connectivity index (χ1) is 23.4. The minimum atomic E-state index is -3.72. The Bertz CT molecular complexity index is 1400. The van der Waals surface area contributed by atoms with E-state index in [1.807, 2.05) is 12.2 Å². The van der Waals surface area contributed by atoms with E-state index in [1.165, 1.54) is 7.11 Å². The summed E-state index contributed by atoms with van der Waals surface area (Å²) in [7, 11) is -2.22. The molecule has 3 saturated heterocycles. The maximum Gasteiger partial charge on any atom is 0.404 e. The molecule has 1 amide bonds. The first-order valence-corrected chi connectivity index (χ1v) is 18.7. The number of hydrogen-bond acceptors (Lipinski definition) is 9. The van der Waals surface area contributed by atoms with Crippen molar-refractivity contribution in [2.45, 2.75) is 99.2 Å². The lowest BCUT2D eigenvalue weighted by Crippen LogP contribution is -2.40. The third-order valence-electron chi connectivity index (χ3n) is 9.67. The number of carbonyl (C=O) groups is 1. The van der Waals surface area contributed by atoms with Crippen LogP contribution >= 0.6 is 0 Å². The molecule has 0 aromatic heterocycles. The Labute approximate surface area is 290 Å². The predicted molar refractivity (Wildman–Crippen MR) is 186 cm³/mol. The van der Waals surface area contributed by atoms with Gasteiger partial charge in [-0.15, -0.1) is 6.58 Å². The van der Waals surface area contributed by atoms with E-state index in [2.05, 4.69) is 32.0 Å². The standard InChI is InChI=1S/C37H53NO10S/c1-6-16-45-17-10-11-28-19-25(3)32(46-28)15-14-29-18-24(2)26(4)33(47-29)21-34-31(23-49(42,43)30-12-8-7-9-13-30)36(44-5)35(48-34)20-27(39)22-38-37(40)41/h6-13,24,27-29,31-36,38-39H,1,3-4,14-23H2,2,5H3,(H,40,41)/b11-10+/t24-,27+,28+,29+,31+,32+,33-,34+,35-,36-/m1/s1. The Kier molecular flexibility index (Phi) is 14.6. The van der Waals surface area contributed by atoms with Gasteiger partial charge >= 0.3 is 6.09 Å². The molecule has 3 heterocycles. The number of sulfone groups is 1. The van der Waals surface area contributed by atoms with E-state index in [4.69, 9.17) is 28.8 Å². The molecule has 272 valence electrons. The van der Waals surface area contributed by atoms with Gasteiger partial charge in [0.15, 0.2) is 9.84 Å². The van der Waals surface area contributed by atoms with Crippen molar-refractivity contribution >= 4 is 15.9 Å². The van der Waals surface area contributed by atoms with Crippen molar-refractivity contribution in [2.24, 2.45) is 11.8 Å². The number of aliphatic hydroxyl groups excluding tert-OH is 1. The van der Waals surface area contributed by atoms with E-state index in [0.717, 1.165) is 36.8 Å². The predicted octanol–water partition coefficient (Wildman–Crippen LogP) is 4.87. The molecule has 10 atom stereocenters. The molecule has 0 aliphatic carbocycles. The molecule has 3 fully saturated rings. The highest BCUT2D eigenvalue weighted by Gasteiger charge is 2.49. The fraction of sp³-hybridized carbons (Fsp3) is 0.595. The first kappa shape index (κ1) is 39.0. The Morgan fingerprint density at radius 1 is 1.10 bits per heavy atom. The molecule has 11 nitrogen and oxygen atoms in total. The van der Waals surface area contributed by atoms with Gasteiger partial charge in [-0.2, -0.15) is 0 Å². The Morgan fingerprint density at radius 2 is 1.86 bits per heavy atom. The zero-order chi connectivity index (χ0) is 35.6. The number of nitrogens with one attached hydrogen (secondary N) is 1. The van der Waals surface area contributed by atoms with Crippen LogP contribution < -0.4 is 5.32 Å². The Morgan fingerprint density at radius 3 is 2.55 bits per heavy atom. The minimum Gasteiger partial charge on any atom is -0.465 e. The molecule has 3 aliphatic rings. The molecular weight excluding hydrogens is 650 g/mol. The molecule has 1 aromatic carbocycles. The summed E-state index contributed by atoms with van der Waals surface area (Å²) in [5.74, 6) is -0.627. The molecule has 12 heteroatoms. The molecule has 0 saturated carbocycles. The van der Waals surface area contributed by atoms with Crippen LogP contribution in [0.4, 0.5) is 4.79 Å². The van der Waals surface area contributed by atoms with E-state index in [1.54, 1.807) is 36.4 Å². The van der Waals surface area contributed by atoms with Gasteiger partial charge in [0, 0.05) is 38.8 Å². The summed E-state index contributed by atoms with van der Waals surface area (Å²) in [4.78, 5) is 11.2. The van der Waals surface area contributed by atoms with Crippen LogP contribution in [0.2, 0.25) is 0 Å². The van der Waals surface area contributed by atoms with Crippen LogP contribution in [0.25, 0.3) is 0 Å². The molecule has 0 unspecified atom stereocenters. The monoisotopic (exact) mass is 703 g/mol. The third kappa shape index (κ3) is 11.1. The van der Waals surface area contributed by atoms with Crippen LogP contribution in [0.15, 0.2) is 84.3 Å². The largest absolute Gasteiger partial charge is 0.465 e. The second-order valence-electron chi connectivity index (χ2n) is 13.3. The molecule has 3 aliphatic heterocycles. The number of amides is 1. The molecule has 49 heavy (non-hydrogen) atoms. The number of hydrogen-bond donors (Lipinski definition) is 3. The zero-order valence-corrected chi connectivity index (χ0v) is 29.5. The van der Waals surface area contributed by atoms with Crippen LogP contribution in [-0.2, 0) is 33.5 Å². The molecule has 0 radical (unpaired) electrons. The minimum absolute atomic E-state index is 0.0349.